The average Bonchev–Trinajstić information content (AvgIpc) is 3.82. The highest BCUT2D eigenvalue weighted by Gasteiger charge is 2.34. The molecule has 2 aromatic rings. The highest BCUT2D eigenvalue weighted by atomic mass is 35.5. The number of ether oxygens (including phenoxy) is 3. The van der Waals surface area contributed by atoms with Crippen molar-refractivity contribution in [2.45, 2.75) is 82.1 Å². The van der Waals surface area contributed by atoms with Crippen LogP contribution in [0.5, 0.6) is 0 Å². The molecule has 4 fully saturated rings. The van der Waals surface area contributed by atoms with Crippen LogP contribution in [0.2, 0.25) is 5.02 Å². The van der Waals surface area contributed by atoms with Crippen molar-refractivity contribution in [2.24, 2.45) is 5.41 Å². The highest BCUT2D eigenvalue weighted by molar-refractivity contribution is 6.33. The number of hydrogen-bond donors (Lipinski definition) is 2. The number of halogens is 1. The van der Waals surface area contributed by atoms with E-state index in [-0.39, 0.29) is 0 Å². The Morgan fingerprint density at radius 1 is 1.00 bits per heavy atom. The number of nitriles is 1. The van der Waals surface area contributed by atoms with Gasteiger partial charge in [0.1, 0.15) is 11.6 Å². The fraction of sp³-hybridized carbons (Fsp3) is 0.656. The third kappa shape index (κ3) is 7.35. The molecule has 2 N–H and O–H groups in total. The Morgan fingerprint density at radius 3 is 2.45 bits per heavy atom. The SMILES string of the molecule is N#CC1(CNc2cccc(-c3cc(NC4CCC(N(CC5CCCO5)CC5CCCO5)C4)ncc3Cl)n2)CCOCC1. The molecule has 3 saturated heterocycles. The normalized spacial score (nSPS) is 27.3. The van der Waals surface area contributed by atoms with Gasteiger partial charge in [-0.05, 0) is 76.0 Å². The number of nitrogens with zero attached hydrogens (tertiary/aromatic N) is 4. The maximum atomic E-state index is 9.80. The van der Waals surface area contributed by atoms with Crippen molar-refractivity contribution in [2.75, 3.05) is 56.7 Å². The molecule has 1 aliphatic carbocycles. The summed E-state index contributed by atoms with van der Waals surface area (Å²) in [6, 6.07) is 11.2. The van der Waals surface area contributed by atoms with Gasteiger partial charge in [0.2, 0.25) is 0 Å². The molecule has 0 amide bonds. The lowest BCUT2D eigenvalue weighted by molar-refractivity contribution is 0.0207. The Kier molecular flexibility index (Phi) is 9.77. The molecule has 9 nitrogen and oxygen atoms in total. The molecule has 5 heterocycles. The van der Waals surface area contributed by atoms with Crippen molar-refractivity contribution in [1.29, 1.82) is 5.26 Å². The fourth-order valence-electron chi connectivity index (χ4n) is 6.85. The van der Waals surface area contributed by atoms with Gasteiger partial charge in [-0.2, -0.15) is 5.26 Å². The van der Waals surface area contributed by atoms with Crippen LogP contribution in [-0.4, -0.2) is 85.2 Å². The van der Waals surface area contributed by atoms with Crippen LogP contribution in [0.15, 0.2) is 30.5 Å². The standard InChI is InChI=1S/C32H43ClN6O3/c33-28-18-35-31(17-27(28)29-6-1-7-30(38-29)36-22-32(21-34)10-14-40-15-11-32)37-23-8-9-24(16-23)39(19-25-4-2-12-41-25)20-26-5-3-13-42-26/h1,6-7,17-18,23-26H,2-5,8-16,19-20,22H2,(H,35,37)(H,36,38). The summed E-state index contributed by atoms with van der Waals surface area (Å²) in [5.41, 5.74) is 1.19. The van der Waals surface area contributed by atoms with Crippen molar-refractivity contribution in [3.63, 3.8) is 0 Å². The monoisotopic (exact) mass is 594 g/mol. The second kappa shape index (κ2) is 13.9. The predicted molar refractivity (Wildman–Crippen MR) is 164 cm³/mol. The Labute approximate surface area is 254 Å². The summed E-state index contributed by atoms with van der Waals surface area (Å²) in [5.74, 6) is 1.54. The number of nitrogens with one attached hydrogen (secondary N) is 2. The summed E-state index contributed by atoms with van der Waals surface area (Å²) in [6.07, 6.45) is 11.8. The van der Waals surface area contributed by atoms with Crippen LogP contribution in [0.1, 0.15) is 57.8 Å². The zero-order valence-corrected chi connectivity index (χ0v) is 25.2. The molecule has 0 spiro atoms. The van der Waals surface area contributed by atoms with Gasteiger partial charge in [-0.3, -0.25) is 4.90 Å². The van der Waals surface area contributed by atoms with Crippen LogP contribution in [-0.2, 0) is 14.2 Å². The summed E-state index contributed by atoms with van der Waals surface area (Å²) in [6.45, 7) is 5.56. The number of rotatable bonds is 11. The first kappa shape index (κ1) is 29.6. The van der Waals surface area contributed by atoms with Crippen LogP contribution in [0.3, 0.4) is 0 Å². The molecule has 42 heavy (non-hydrogen) atoms. The van der Waals surface area contributed by atoms with Crippen molar-refractivity contribution < 1.29 is 14.2 Å². The van der Waals surface area contributed by atoms with Gasteiger partial charge < -0.3 is 24.8 Å². The quantitative estimate of drug-likeness (QED) is 0.348. The summed E-state index contributed by atoms with van der Waals surface area (Å²) in [4.78, 5) is 12.1. The first-order valence-corrected chi connectivity index (χ1v) is 16.1. The van der Waals surface area contributed by atoms with Crippen LogP contribution in [0, 0.1) is 16.7 Å². The molecule has 0 aromatic carbocycles. The second-order valence-electron chi connectivity index (χ2n) is 12.3. The van der Waals surface area contributed by atoms with E-state index in [1.807, 2.05) is 24.3 Å². The van der Waals surface area contributed by atoms with Crippen LogP contribution >= 0.6 is 11.6 Å². The van der Waals surface area contributed by atoms with Crippen molar-refractivity contribution in [3.8, 4) is 17.3 Å². The third-order valence-corrected chi connectivity index (χ3v) is 9.67. The summed E-state index contributed by atoms with van der Waals surface area (Å²) >= 11 is 6.63. The Morgan fingerprint density at radius 2 is 1.76 bits per heavy atom. The number of anilines is 2. The molecule has 2 aromatic heterocycles. The van der Waals surface area contributed by atoms with E-state index in [1.54, 1.807) is 6.20 Å². The molecule has 4 aliphatic rings. The number of aromatic nitrogens is 2. The van der Waals surface area contributed by atoms with Gasteiger partial charge in [0, 0.05) is 69.9 Å². The molecule has 4 unspecified atom stereocenters. The predicted octanol–water partition coefficient (Wildman–Crippen LogP) is 5.52. The fourth-order valence-corrected chi connectivity index (χ4v) is 7.05. The van der Waals surface area contributed by atoms with E-state index in [4.69, 9.17) is 30.8 Å². The highest BCUT2D eigenvalue weighted by Crippen LogP contribution is 2.33. The van der Waals surface area contributed by atoms with E-state index in [9.17, 15) is 5.26 Å². The molecule has 226 valence electrons. The Balaban J connectivity index is 1.09. The van der Waals surface area contributed by atoms with E-state index in [2.05, 4.69) is 26.6 Å². The molecule has 6 rings (SSSR count). The van der Waals surface area contributed by atoms with Gasteiger partial charge >= 0.3 is 0 Å². The van der Waals surface area contributed by atoms with Gasteiger partial charge in [-0.1, -0.05) is 17.7 Å². The zero-order valence-electron chi connectivity index (χ0n) is 24.4. The minimum absolute atomic E-state index is 0.343. The Bertz CT molecular complexity index is 1200. The number of hydrogen-bond acceptors (Lipinski definition) is 9. The molecule has 10 heteroatoms. The molecular formula is C32H43ClN6O3. The minimum atomic E-state index is -0.426. The lowest BCUT2D eigenvalue weighted by atomic mass is 9.82. The van der Waals surface area contributed by atoms with E-state index in [1.165, 1.54) is 12.8 Å². The van der Waals surface area contributed by atoms with Crippen LogP contribution in [0.25, 0.3) is 11.3 Å². The molecule has 1 saturated carbocycles. The average molecular weight is 595 g/mol. The smallest absolute Gasteiger partial charge is 0.126 e. The first-order chi connectivity index (χ1) is 20.6. The van der Waals surface area contributed by atoms with Gasteiger partial charge in [0.15, 0.2) is 0 Å². The molecule has 3 aliphatic heterocycles. The van der Waals surface area contributed by atoms with Gasteiger partial charge in [0.05, 0.1) is 34.4 Å². The Hall–Kier alpha value is -2.48. The lowest BCUT2D eigenvalue weighted by Gasteiger charge is -2.33. The van der Waals surface area contributed by atoms with Gasteiger partial charge in [-0.25, -0.2) is 9.97 Å². The van der Waals surface area contributed by atoms with Gasteiger partial charge in [0.25, 0.3) is 0 Å². The largest absolute Gasteiger partial charge is 0.381 e. The van der Waals surface area contributed by atoms with Crippen LogP contribution < -0.4 is 10.6 Å². The zero-order chi connectivity index (χ0) is 28.8. The van der Waals surface area contributed by atoms with Crippen molar-refractivity contribution >= 4 is 23.2 Å². The van der Waals surface area contributed by atoms with E-state index >= 15 is 0 Å². The topological polar surface area (TPSA) is 105 Å². The van der Waals surface area contributed by atoms with Crippen molar-refractivity contribution in [3.05, 3.63) is 35.5 Å². The van der Waals surface area contributed by atoms with Crippen LogP contribution in [0.4, 0.5) is 11.6 Å². The summed E-state index contributed by atoms with van der Waals surface area (Å²) < 4.78 is 17.5. The summed E-state index contributed by atoms with van der Waals surface area (Å²) in [7, 11) is 0. The van der Waals surface area contributed by atoms with Crippen molar-refractivity contribution in [1.82, 2.24) is 14.9 Å². The number of pyridine rings is 2. The molecule has 4 atom stereocenters. The lowest BCUT2D eigenvalue weighted by Crippen LogP contribution is -2.43. The first-order valence-electron chi connectivity index (χ1n) is 15.7. The summed E-state index contributed by atoms with van der Waals surface area (Å²) in [5, 5.41) is 17.4. The minimum Gasteiger partial charge on any atom is -0.381 e. The maximum absolute atomic E-state index is 9.80. The molecule has 0 radical (unpaired) electrons. The van der Waals surface area contributed by atoms with E-state index in [0.717, 1.165) is 94.1 Å². The van der Waals surface area contributed by atoms with Gasteiger partial charge in [-0.15, -0.1) is 0 Å². The molecule has 0 bridgehead atoms. The third-order valence-electron chi connectivity index (χ3n) is 9.37. The second-order valence-corrected chi connectivity index (χ2v) is 12.8. The molecular weight excluding hydrogens is 552 g/mol. The van der Waals surface area contributed by atoms with E-state index in [0.29, 0.717) is 49.1 Å². The van der Waals surface area contributed by atoms with E-state index < -0.39 is 5.41 Å². The maximum Gasteiger partial charge on any atom is 0.126 e.